The zero-order valence-electron chi connectivity index (χ0n) is 19.4. The number of piperazine rings is 1. The molecule has 0 aliphatic carbocycles. The van der Waals surface area contributed by atoms with Crippen LogP contribution in [0.3, 0.4) is 0 Å². The average Bonchev–Trinajstić information content (AvgIpc) is 2.92. The maximum Gasteiger partial charge on any atom is 0.243 e. The average molecular weight is 490 g/mol. The summed E-state index contributed by atoms with van der Waals surface area (Å²) in [5, 5.41) is 11.2. The van der Waals surface area contributed by atoms with Gasteiger partial charge in [-0.3, -0.25) is 4.79 Å². The number of hydrogen-bond donors (Lipinski definition) is 0. The number of carbonyl (C=O) groups excluding carboxylic acids is 1. The lowest BCUT2D eigenvalue weighted by molar-refractivity contribution is -0.137. The molecule has 2 aliphatic rings. The summed E-state index contributed by atoms with van der Waals surface area (Å²) in [5.74, 6) is 0.581. The van der Waals surface area contributed by atoms with E-state index in [2.05, 4.69) is 11.1 Å². The zero-order valence-corrected chi connectivity index (χ0v) is 20.2. The number of piperidine rings is 1. The highest BCUT2D eigenvalue weighted by molar-refractivity contribution is 7.89. The van der Waals surface area contributed by atoms with Gasteiger partial charge in [0.25, 0.3) is 0 Å². The number of aromatic nitrogens is 1. The summed E-state index contributed by atoms with van der Waals surface area (Å²) in [5.41, 5.74) is 0.535. The van der Waals surface area contributed by atoms with Gasteiger partial charge in [0, 0.05) is 51.4 Å². The van der Waals surface area contributed by atoms with E-state index in [-0.39, 0.29) is 11.8 Å². The molecule has 0 atom stereocenters. The summed E-state index contributed by atoms with van der Waals surface area (Å²) >= 11 is 0. The number of benzene rings is 2. The summed E-state index contributed by atoms with van der Waals surface area (Å²) in [7, 11) is -3.60. The molecule has 9 heteroatoms. The van der Waals surface area contributed by atoms with Crippen LogP contribution < -0.4 is 4.90 Å². The van der Waals surface area contributed by atoms with E-state index in [1.54, 1.807) is 30.5 Å². The minimum absolute atomic E-state index is 0.0916. The molecule has 1 aromatic heterocycles. The molecule has 0 saturated carbocycles. The van der Waals surface area contributed by atoms with Gasteiger partial charge in [0.15, 0.2) is 0 Å². The largest absolute Gasteiger partial charge is 0.352 e. The van der Waals surface area contributed by atoms with Crippen molar-refractivity contribution in [3.05, 3.63) is 66.4 Å². The van der Waals surface area contributed by atoms with Crippen LogP contribution >= 0.6 is 0 Å². The summed E-state index contributed by atoms with van der Waals surface area (Å²) in [6, 6.07) is 18.6. The number of amides is 1. The number of nitriles is 1. The summed E-state index contributed by atoms with van der Waals surface area (Å²) in [6.07, 6.45) is 2.71. The van der Waals surface area contributed by atoms with E-state index in [4.69, 9.17) is 0 Å². The monoisotopic (exact) mass is 489 g/mol. The number of carbonyl (C=O) groups is 1. The summed E-state index contributed by atoms with van der Waals surface area (Å²) in [6.45, 7) is 3.04. The number of anilines is 1. The highest BCUT2D eigenvalue weighted by Gasteiger charge is 2.35. The van der Waals surface area contributed by atoms with Crippen molar-refractivity contribution in [2.75, 3.05) is 44.2 Å². The first kappa shape index (κ1) is 23.3. The molecule has 1 amide bonds. The van der Waals surface area contributed by atoms with Gasteiger partial charge < -0.3 is 9.80 Å². The Morgan fingerprint density at radius 3 is 2.34 bits per heavy atom. The van der Waals surface area contributed by atoms with Crippen LogP contribution in [0, 0.1) is 17.2 Å². The van der Waals surface area contributed by atoms with Gasteiger partial charge in [0.2, 0.25) is 15.9 Å². The molecule has 2 fully saturated rings. The van der Waals surface area contributed by atoms with Crippen molar-refractivity contribution < 1.29 is 13.2 Å². The van der Waals surface area contributed by atoms with Gasteiger partial charge in [0.05, 0.1) is 10.5 Å². The number of sulfonamides is 1. The van der Waals surface area contributed by atoms with Crippen molar-refractivity contribution in [3.8, 4) is 6.07 Å². The molecular formula is C26H27N5O3S. The van der Waals surface area contributed by atoms with Gasteiger partial charge in [-0.1, -0.05) is 30.3 Å². The van der Waals surface area contributed by atoms with E-state index < -0.39 is 10.0 Å². The van der Waals surface area contributed by atoms with Crippen LogP contribution in [0.15, 0.2) is 65.7 Å². The Labute approximate surface area is 205 Å². The van der Waals surface area contributed by atoms with Gasteiger partial charge >= 0.3 is 0 Å². The topological polar surface area (TPSA) is 97.6 Å². The molecule has 0 unspecified atom stereocenters. The molecule has 0 N–H and O–H groups in total. The number of nitrogens with zero attached hydrogens (tertiary/aromatic N) is 5. The smallest absolute Gasteiger partial charge is 0.243 e. The number of rotatable bonds is 4. The lowest BCUT2D eigenvalue weighted by Gasteiger charge is -2.38. The molecule has 3 heterocycles. The Balaban J connectivity index is 1.19. The molecular weight excluding hydrogens is 462 g/mol. The number of hydrogen-bond acceptors (Lipinski definition) is 6. The van der Waals surface area contributed by atoms with E-state index >= 15 is 0 Å². The first-order chi connectivity index (χ1) is 17.0. The van der Waals surface area contributed by atoms with Gasteiger partial charge in [0.1, 0.15) is 11.9 Å². The van der Waals surface area contributed by atoms with E-state index in [9.17, 15) is 18.5 Å². The van der Waals surface area contributed by atoms with Gasteiger partial charge in [-0.25, -0.2) is 13.4 Å². The first-order valence-electron chi connectivity index (χ1n) is 11.9. The molecule has 2 aliphatic heterocycles. The van der Waals surface area contributed by atoms with E-state index in [0.29, 0.717) is 68.4 Å². The van der Waals surface area contributed by atoms with E-state index in [1.165, 1.54) is 4.31 Å². The lowest BCUT2D eigenvalue weighted by atomic mass is 9.96. The van der Waals surface area contributed by atoms with Gasteiger partial charge in [-0.15, -0.1) is 0 Å². The highest BCUT2D eigenvalue weighted by Crippen LogP contribution is 2.28. The molecule has 2 aromatic carbocycles. The van der Waals surface area contributed by atoms with Crippen LogP contribution in [-0.4, -0.2) is 67.8 Å². The Hall–Kier alpha value is -3.48. The molecule has 0 bridgehead atoms. The van der Waals surface area contributed by atoms with Crippen molar-refractivity contribution in [1.29, 1.82) is 5.26 Å². The van der Waals surface area contributed by atoms with Crippen molar-refractivity contribution in [2.45, 2.75) is 17.7 Å². The Kier molecular flexibility index (Phi) is 6.41. The van der Waals surface area contributed by atoms with E-state index in [1.807, 2.05) is 40.1 Å². The van der Waals surface area contributed by atoms with Gasteiger partial charge in [-0.2, -0.15) is 9.57 Å². The summed E-state index contributed by atoms with van der Waals surface area (Å²) in [4.78, 5) is 21.7. The third-order valence-corrected chi connectivity index (χ3v) is 8.85. The van der Waals surface area contributed by atoms with Crippen LogP contribution in [0.1, 0.15) is 18.4 Å². The number of fused-ring (bicyclic) bond motifs is 1. The van der Waals surface area contributed by atoms with Gasteiger partial charge in [-0.05, 0) is 47.9 Å². The highest BCUT2D eigenvalue weighted by atomic mass is 32.2. The lowest BCUT2D eigenvalue weighted by Crippen LogP contribution is -2.52. The number of pyridine rings is 1. The molecule has 5 rings (SSSR count). The molecule has 35 heavy (non-hydrogen) atoms. The molecule has 8 nitrogen and oxygen atoms in total. The fourth-order valence-electron chi connectivity index (χ4n) is 4.95. The molecule has 3 aromatic rings. The van der Waals surface area contributed by atoms with E-state index in [0.717, 1.165) is 10.8 Å². The minimum atomic E-state index is -3.60. The van der Waals surface area contributed by atoms with Crippen LogP contribution in [0.2, 0.25) is 0 Å². The van der Waals surface area contributed by atoms with Crippen LogP contribution in [0.5, 0.6) is 0 Å². The fraction of sp³-hybridized carbons (Fsp3) is 0.346. The zero-order chi connectivity index (χ0) is 24.4. The standard InChI is InChI=1S/C26H27N5O3S/c27-19-23-6-3-11-28-25(23)29-14-16-30(17-15-29)26(32)21-9-12-31(13-10-21)35(33,34)24-8-7-20-4-1-2-5-22(20)18-24/h1-8,11,18,21H,9-10,12-17H2. The predicted octanol–water partition coefficient (Wildman–Crippen LogP) is 2.86. The van der Waals surface area contributed by atoms with Crippen molar-refractivity contribution in [3.63, 3.8) is 0 Å². The molecule has 0 radical (unpaired) electrons. The first-order valence-corrected chi connectivity index (χ1v) is 13.3. The predicted molar refractivity (Wildman–Crippen MR) is 133 cm³/mol. The van der Waals surface area contributed by atoms with Crippen LogP contribution in [0.25, 0.3) is 10.8 Å². The fourth-order valence-corrected chi connectivity index (χ4v) is 6.46. The second kappa shape index (κ2) is 9.64. The maximum absolute atomic E-state index is 13.2. The van der Waals surface area contributed by atoms with Crippen LogP contribution in [0.4, 0.5) is 5.82 Å². The SMILES string of the molecule is N#Cc1cccnc1N1CCN(C(=O)C2CCN(S(=O)(=O)c3ccc4ccccc4c3)CC2)CC1. The third kappa shape index (κ3) is 4.59. The Morgan fingerprint density at radius 2 is 1.63 bits per heavy atom. The molecule has 0 spiro atoms. The Bertz CT molecular complexity index is 1390. The van der Waals surface area contributed by atoms with Crippen molar-refractivity contribution in [2.24, 2.45) is 5.92 Å². The third-order valence-electron chi connectivity index (χ3n) is 6.96. The second-order valence-corrected chi connectivity index (χ2v) is 10.9. The molecule has 2 saturated heterocycles. The maximum atomic E-state index is 13.2. The second-order valence-electron chi connectivity index (χ2n) is 8.99. The van der Waals surface area contributed by atoms with Crippen LogP contribution in [-0.2, 0) is 14.8 Å². The quantitative estimate of drug-likeness (QED) is 0.559. The Morgan fingerprint density at radius 1 is 0.914 bits per heavy atom. The normalized spacial score (nSPS) is 17.9. The van der Waals surface area contributed by atoms with Crippen molar-refractivity contribution >= 4 is 32.5 Å². The summed E-state index contributed by atoms with van der Waals surface area (Å²) < 4.78 is 28.0. The molecule has 180 valence electrons. The minimum Gasteiger partial charge on any atom is -0.352 e. The van der Waals surface area contributed by atoms with Crippen molar-refractivity contribution in [1.82, 2.24) is 14.2 Å².